The zero-order valence-corrected chi connectivity index (χ0v) is 14.3. The Morgan fingerprint density at radius 3 is 2.36 bits per heavy atom. The van der Waals surface area contributed by atoms with Crippen LogP contribution in [0.15, 0.2) is 30.3 Å². The van der Waals surface area contributed by atoms with Crippen LogP contribution in [0, 0.1) is 21.0 Å². The number of benzene rings is 2. The molecule has 2 rings (SSSR count). The molecule has 0 radical (unpaired) electrons. The molecule has 0 aromatic heterocycles. The molecule has 0 spiro atoms. The summed E-state index contributed by atoms with van der Waals surface area (Å²) in [5.41, 5.74) is -0.216. The summed E-state index contributed by atoms with van der Waals surface area (Å²) in [6.07, 6.45) is 0.619. The maximum Gasteiger partial charge on any atom is 0.229 e. The smallest absolute Gasteiger partial charge is 0.229 e. The maximum absolute atomic E-state index is 14.0. The van der Waals surface area contributed by atoms with Gasteiger partial charge in [-0.15, -0.1) is 0 Å². The van der Waals surface area contributed by atoms with Crippen LogP contribution in [-0.4, -0.2) is 14.7 Å². The monoisotopic (exact) mass is 441 g/mol. The third-order valence-electron chi connectivity index (χ3n) is 2.87. The first kappa shape index (κ1) is 17.1. The number of halogens is 4. The number of sulfonamides is 1. The highest BCUT2D eigenvalue weighted by atomic mass is 127. The van der Waals surface area contributed by atoms with Gasteiger partial charge in [0.2, 0.25) is 10.0 Å². The molecular formula is C14H11F3INO2S. The molecule has 2 aromatic carbocycles. The van der Waals surface area contributed by atoms with Crippen molar-refractivity contribution in [2.45, 2.75) is 6.42 Å². The Hall–Kier alpha value is -1.29. The first-order valence-corrected chi connectivity index (χ1v) is 9.03. The molecule has 3 nitrogen and oxygen atoms in total. The van der Waals surface area contributed by atoms with Gasteiger partial charge in [-0.25, -0.2) is 21.6 Å². The summed E-state index contributed by atoms with van der Waals surface area (Å²) in [6.45, 7) is 0. The van der Waals surface area contributed by atoms with Gasteiger partial charge in [0.05, 0.1) is 11.9 Å². The van der Waals surface area contributed by atoms with E-state index in [2.05, 4.69) is 4.72 Å². The largest absolute Gasteiger partial charge is 0.283 e. The molecule has 0 aliphatic heterocycles. The topological polar surface area (TPSA) is 46.2 Å². The fourth-order valence-electron chi connectivity index (χ4n) is 1.92. The molecule has 1 N–H and O–H groups in total. The molecule has 0 aliphatic rings. The van der Waals surface area contributed by atoms with Crippen LogP contribution in [0.1, 0.15) is 11.1 Å². The van der Waals surface area contributed by atoms with Crippen molar-refractivity contribution < 1.29 is 21.6 Å². The molecule has 0 saturated carbocycles. The van der Waals surface area contributed by atoms with Gasteiger partial charge in [-0.1, -0.05) is 6.07 Å². The number of hydrogen-bond acceptors (Lipinski definition) is 2. The van der Waals surface area contributed by atoms with E-state index in [1.54, 1.807) is 6.07 Å². The van der Waals surface area contributed by atoms with E-state index in [0.29, 0.717) is 3.57 Å². The molecule has 118 valence electrons. The lowest BCUT2D eigenvalue weighted by Gasteiger charge is -2.13. The predicted molar refractivity (Wildman–Crippen MR) is 86.7 cm³/mol. The minimum atomic E-state index is -3.67. The quantitative estimate of drug-likeness (QED) is 0.737. The standard InChI is InChI=1S/C14H11F3INO2S/c1-22(20,21)19-13-5-4-11(15)14(17)10(13)6-8-2-3-9(18)7-12(8)16/h2-5,7,19H,6H2,1H3. The number of anilines is 1. The van der Waals surface area contributed by atoms with Crippen molar-refractivity contribution in [1.82, 2.24) is 0 Å². The van der Waals surface area contributed by atoms with Gasteiger partial charge in [-0.2, -0.15) is 0 Å². The second kappa shape index (κ2) is 6.45. The Balaban J connectivity index is 2.50. The predicted octanol–water partition coefficient (Wildman–Crippen LogP) is 3.67. The fraction of sp³-hybridized carbons (Fsp3) is 0.143. The van der Waals surface area contributed by atoms with Gasteiger partial charge in [0.25, 0.3) is 0 Å². The van der Waals surface area contributed by atoms with Crippen LogP contribution in [-0.2, 0) is 16.4 Å². The molecule has 0 fully saturated rings. The first-order chi connectivity index (χ1) is 10.2. The van der Waals surface area contributed by atoms with E-state index in [-0.39, 0.29) is 23.2 Å². The SMILES string of the molecule is CS(=O)(=O)Nc1ccc(F)c(F)c1Cc1ccc(I)cc1F. The van der Waals surface area contributed by atoms with Crippen LogP contribution in [0.25, 0.3) is 0 Å². The van der Waals surface area contributed by atoms with E-state index < -0.39 is 27.5 Å². The summed E-state index contributed by atoms with van der Waals surface area (Å²) < 4.78 is 66.7. The number of nitrogens with one attached hydrogen (secondary N) is 1. The first-order valence-electron chi connectivity index (χ1n) is 6.06. The van der Waals surface area contributed by atoms with Crippen LogP contribution in [0.5, 0.6) is 0 Å². The highest BCUT2D eigenvalue weighted by Gasteiger charge is 2.18. The molecule has 0 saturated heterocycles. The number of rotatable bonds is 4. The summed E-state index contributed by atoms with van der Waals surface area (Å²) in [7, 11) is -3.67. The molecule has 0 unspecified atom stereocenters. The zero-order valence-electron chi connectivity index (χ0n) is 11.3. The zero-order chi connectivity index (χ0) is 16.5. The van der Waals surface area contributed by atoms with E-state index in [9.17, 15) is 21.6 Å². The van der Waals surface area contributed by atoms with Gasteiger partial charge in [0.1, 0.15) is 5.82 Å². The Labute approximate surface area is 139 Å². The minimum absolute atomic E-state index is 0.112. The van der Waals surface area contributed by atoms with E-state index in [1.165, 1.54) is 12.1 Å². The Kier molecular flexibility index (Phi) is 5.00. The summed E-state index contributed by atoms with van der Waals surface area (Å²) in [5.74, 6) is -2.90. The van der Waals surface area contributed by atoms with Crippen molar-refractivity contribution >= 4 is 38.3 Å². The van der Waals surface area contributed by atoms with E-state index in [1.807, 2.05) is 22.6 Å². The van der Waals surface area contributed by atoms with Crippen LogP contribution in [0.3, 0.4) is 0 Å². The van der Waals surface area contributed by atoms with Gasteiger partial charge < -0.3 is 0 Å². The highest BCUT2D eigenvalue weighted by Crippen LogP contribution is 2.26. The molecule has 0 amide bonds. The molecule has 0 heterocycles. The van der Waals surface area contributed by atoms with Crippen LogP contribution in [0.2, 0.25) is 0 Å². The van der Waals surface area contributed by atoms with Crippen LogP contribution < -0.4 is 4.72 Å². The van der Waals surface area contributed by atoms with Crippen molar-refractivity contribution in [3.63, 3.8) is 0 Å². The van der Waals surface area contributed by atoms with Gasteiger partial charge in [0, 0.05) is 15.6 Å². The average molecular weight is 441 g/mol. The lowest BCUT2D eigenvalue weighted by molar-refractivity contribution is 0.500. The van der Waals surface area contributed by atoms with Gasteiger partial charge >= 0.3 is 0 Å². The molecule has 2 aromatic rings. The third kappa shape index (κ3) is 4.13. The molecule has 22 heavy (non-hydrogen) atoms. The third-order valence-corrected chi connectivity index (χ3v) is 4.14. The summed E-state index contributed by atoms with van der Waals surface area (Å²) in [6, 6.07) is 6.26. The highest BCUT2D eigenvalue weighted by molar-refractivity contribution is 14.1. The van der Waals surface area contributed by atoms with Gasteiger partial charge in [0.15, 0.2) is 11.6 Å². The second-order valence-corrected chi connectivity index (χ2v) is 7.67. The van der Waals surface area contributed by atoms with Crippen molar-refractivity contribution in [2.24, 2.45) is 0 Å². The van der Waals surface area contributed by atoms with Crippen molar-refractivity contribution in [3.8, 4) is 0 Å². The molecule has 0 aliphatic carbocycles. The van der Waals surface area contributed by atoms with Crippen molar-refractivity contribution in [1.29, 1.82) is 0 Å². The maximum atomic E-state index is 14.0. The average Bonchev–Trinajstić information content (AvgIpc) is 2.39. The van der Waals surface area contributed by atoms with Gasteiger partial charge in [-0.05, 0) is 52.4 Å². The van der Waals surface area contributed by atoms with Crippen molar-refractivity contribution in [3.05, 3.63) is 62.5 Å². The molecule has 0 atom stereocenters. The normalized spacial score (nSPS) is 11.5. The Morgan fingerprint density at radius 1 is 1.09 bits per heavy atom. The molecular weight excluding hydrogens is 430 g/mol. The number of hydrogen-bond donors (Lipinski definition) is 1. The Bertz CT molecular complexity index is 825. The van der Waals surface area contributed by atoms with Gasteiger partial charge in [-0.3, -0.25) is 4.72 Å². The Morgan fingerprint density at radius 2 is 1.77 bits per heavy atom. The van der Waals surface area contributed by atoms with E-state index in [0.717, 1.165) is 18.4 Å². The molecule has 0 bridgehead atoms. The minimum Gasteiger partial charge on any atom is -0.283 e. The van der Waals surface area contributed by atoms with Crippen LogP contribution >= 0.6 is 22.6 Å². The summed E-state index contributed by atoms with van der Waals surface area (Å²) in [5, 5.41) is 0. The van der Waals surface area contributed by atoms with Crippen molar-refractivity contribution in [2.75, 3.05) is 11.0 Å². The lowest BCUT2D eigenvalue weighted by atomic mass is 10.0. The van der Waals surface area contributed by atoms with E-state index in [4.69, 9.17) is 0 Å². The summed E-state index contributed by atoms with van der Waals surface area (Å²) >= 11 is 1.92. The summed E-state index contributed by atoms with van der Waals surface area (Å²) in [4.78, 5) is 0. The van der Waals surface area contributed by atoms with E-state index >= 15 is 0 Å². The fourth-order valence-corrected chi connectivity index (χ4v) is 2.96. The van der Waals surface area contributed by atoms with Crippen LogP contribution in [0.4, 0.5) is 18.9 Å². The lowest BCUT2D eigenvalue weighted by Crippen LogP contribution is -2.13. The second-order valence-electron chi connectivity index (χ2n) is 4.67. The molecule has 8 heteroatoms.